The Labute approximate surface area is 204 Å². The van der Waals surface area contributed by atoms with E-state index in [1.54, 1.807) is 18.2 Å². The summed E-state index contributed by atoms with van der Waals surface area (Å²) in [6.07, 6.45) is 2.26. The maximum atomic E-state index is 13.7. The molecule has 8 heteroatoms. The highest BCUT2D eigenvalue weighted by Gasteiger charge is 2.32. The lowest BCUT2D eigenvalue weighted by Gasteiger charge is -2.33. The van der Waals surface area contributed by atoms with Crippen LogP contribution in [0, 0.1) is 13.8 Å². The molecule has 2 aromatic carbocycles. The van der Waals surface area contributed by atoms with E-state index in [2.05, 4.69) is 5.32 Å². The number of hydrogen-bond acceptors (Lipinski definition) is 4. The first-order valence-electron chi connectivity index (χ1n) is 11.7. The molecule has 2 amide bonds. The zero-order valence-corrected chi connectivity index (χ0v) is 21.9. The van der Waals surface area contributed by atoms with Crippen molar-refractivity contribution in [3.05, 3.63) is 65.2 Å². The number of anilines is 1. The minimum Gasteiger partial charge on any atom is -0.352 e. The third-order valence-corrected chi connectivity index (χ3v) is 7.10. The summed E-state index contributed by atoms with van der Waals surface area (Å²) >= 11 is 0. The van der Waals surface area contributed by atoms with Crippen molar-refractivity contribution in [2.24, 2.45) is 0 Å². The average molecular weight is 488 g/mol. The number of carbonyl (C=O) groups excluding carboxylic acids is 2. The summed E-state index contributed by atoms with van der Waals surface area (Å²) in [6, 6.07) is 13.9. The Balaban J connectivity index is 2.45. The van der Waals surface area contributed by atoms with Crippen molar-refractivity contribution in [1.29, 1.82) is 0 Å². The summed E-state index contributed by atoms with van der Waals surface area (Å²) in [5, 5.41) is 2.97. The molecular weight excluding hydrogens is 450 g/mol. The smallest absolute Gasteiger partial charge is 0.244 e. The lowest BCUT2D eigenvalue weighted by molar-refractivity contribution is -0.140. The highest BCUT2D eigenvalue weighted by Crippen LogP contribution is 2.21. The van der Waals surface area contributed by atoms with E-state index >= 15 is 0 Å². The number of benzene rings is 2. The Morgan fingerprint density at radius 3 is 2.24 bits per heavy atom. The van der Waals surface area contributed by atoms with Crippen molar-refractivity contribution in [2.45, 2.75) is 66.1 Å². The Morgan fingerprint density at radius 1 is 1.00 bits per heavy atom. The molecule has 0 aliphatic heterocycles. The van der Waals surface area contributed by atoms with Gasteiger partial charge >= 0.3 is 0 Å². The number of nitrogens with zero attached hydrogens (tertiary/aromatic N) is 2. The molecule has 0 unspecified atom stereocenters. The van der Waals surface area contributed by atoms with Crippen LogP contribution in [-0.4, -0.2) is 50.0 Å². The fourth-order valence-corrected chi connectivity index (χ4v) is 4.57. The third kappa shape index (κ3) is 7.32. The van der Waals surface area contributed by atoms with Crippen LogP contribution in [0.5, 0.6) is 0 Å². The average Bonchev–Trinajstić information content (AvgIpc) is 2.77. The van der Waals surface area contributed by atoms with Gasteiger partial charge in [-0.25, -0.2) is 8.42 Å². The van der Waals surface area contributed by atoms with Crippen molar-refractivity contribution in [3.8, 4) is 0 Å². The van der Waals surface area contributed by atoms with Gasteiger partial charge in [-0.1, -0.05) is 50.2 Å². The van der Waals surface area contributed by atoms with E-state index in [-0.39, 0.29) is 25.0 Å². The largest absolute Gasteiger partial charge is 0.352 e. The number of aryl methyl sites for hydroxylation is 2. The molecule has 0 radical (unpaired) electrons. The summed E-state index contributed by atoms with van der Waals surface area (Å²) in [5.74, 6) is -0.665. The maximum Gasteiger partial charge on any atom is 0.244 e. The van der Waals surface area contributed by atoms with E-state index in [4.69, 9.17) is 0 Å². The van der Waals surface area contributed by atoms with Crippen molar-refractivity contribution < 1.29 is 18.0 Å². The normalized spacial score (nSPS) is 13.1. The summed E-state index contributed by atoms with van der Waals surface area (Å²) in [4.78, 5) is 28.3. The predicted octanol–water partition coefficient (Wildman–Crippen LogP) is 3.79. The highest BCUT2D eigenvalue weighted by molar-refractivity contribution is 7.92. The van der Waals surface area contributed by atoms with Gasteiger partial charge in [-0.15, -0.1) is 0 Å². The first kappa shape index (κ1) is 27.4. The lowest BCUT2D eigenvalue weighted by atomic mass is 10.1. The van der Waals surface area contributed by atoms with Crippen LogP contribution < -0.4 is 9.62 Å². The van der Waals surface area contributed by atoms with Gasteiger partial charge < -0.3 is 10.2 Å². The Morgan fingerprint density at radius 2 is 1.68 bits per heavy atom. The summed E-state index contributed by atoms with van der Waals surface area (Å²) in [6.45, 7) is 9.39. The molecule has 2 rings (SSSR count). The molecule has 2 atom stereocenters. The van der Waals surface area contributed by atoms with Crippen molar-refractivity contribution >= 4 is 27.5 Å². The van der Waals surface area contributed by atoms with Crippen LogP contribution in [0.25, 0.3) is 0 Å². The Hall–Kier alpha value is -2.87. The second-order valence-corrected chi connectivity index (χ2v) is 10.7. The molecule has 1 N–H and O–H groups in total. The van der Waals surface area contributed by atoms with Crippen LogP contribution in [0.3, 0.4) is 0 Å². The predicted molar refractivity (Wildman–Crippen MR) is 137 cm³/mol. The zero-order chi connectivity index (χ0) is 25.5. The fourth-order valence-electron chi connectivity index (χ4n) is 3.73. The topological polar surface area (TPSA) is 86.8 Å². The molecule has 0 heterocycles. The molecular formula is C26H37N3O4S. The quantitative estimate of drug-likeness (QED) is 0.522. The second-order valence-electron chi connectivity index (χ2n) is 8.80. The number of sulfonamides is 1. The van der Waals surface area contributed by atoms with E-state index in [9.17, 15) is 18.0 Å². The van der Waals surface area contributed by atoms with Gasteiger partial charge in [-0.3, -0.25) is 13.9 Å². The van der Waals surface area contributed by atoms with Crippen LogP contribution >= 0.6 is 0 Å². The van der Waals surface area contributed by atoms with Crippen molar-refractivity contribution in [3.63, 3.8) is 0 Å². The molecule has 186 valence electrons. The van der Waals surface area contributed by atoms with E-state index in [0.29, 0.717) is 12.1 Å². The monoisotopic (exact) mass is 487 g/mol. The molecule has 0 saturated heterocycles. The third-order valence-electron chi connectivity index (χ3n) is 5.96. The van der Waals surface area contributed by atoms with Crippen molar-refractivity contribution in [2.75, 3.05) is 17.1 Å². The van der Waals surface area contributed by atoms with Crippen LogP contribution in [-0.2, 0) is 26.2 Å². The molecule has 2 aromatic rings. The summed E-state index contributed by atoms with van der Waals surface area (Å²) in [7, 11) is -3.73. The SMILES string of the molecule is CC[C@H](C)NC(=O)[C@H](CC)N(Cc1ccccc1C)C(=O)CN(c1cccc(C)c1)S(C)(=O)=O. The van der Waals surface area contributed by atoms with Crippen molar-refractivity contribution in [1.82, 2.24) is 10.2 Å². The molecule has 0 aliphatic rings. The zero-order valence-electron chi connectivity index (χ0n) is 21.0. The summed E-state index contributed by atoms with van der Waals surface area (Å²) < 4.78 is 26.4. The first-order valence-corrected chi connectivity index (χ1v) is 13.5. The molecule has 0 spiro atoms. The minimum absolute atomic E-state index is 0.0308. The number of amides is 2. The maximum absolute atomic E-state index is 13.7. The molecule has 0 aliphatic carbocycles. The van der Waals surface area contributed by atoms with Crippen LogP contribution in [0.2, 0.25) is 0 Å². The van der Waals surface area contributed by atoms with Crippen LogP contribution in [0.4, 0.5) is 5.69 Å². The van der Waals surface area contributed by atoms with E-state index in [1.165, 1.54) is 4.90 Å². The minimum atomic E-state index is -3.73. The van der Waals surface area contributed by atoms with Gasteiger partial charge in [-0.05, 0) is 62.4 Å². The molecule has 7 nitrogen and oxygen atoms in total. The van der Waals surface area contributed by atoms with E-state index in [0.717, 1.165) is 33.7 Å². The van der Waals surface area contributed by atoms with Gasteiger partial charge in [0.05, 0.1) is 11.9 Å². The molecule has 0 fully saturated rings. The standard InChI is InChI=1S/C26H37N3O4S/c1-7-21(5)27-26(31)24(8-2)28(17-22-14-10-9-13-20(22)4)25(30)18-29(34(6,32)33)23-15-11-12-19(3)16-23/h9-16,21,24H,7-8,17-18H2,1-6H3,(H,27,31)/t21-,24-/m0/s1. The molecule has 0 aromatic heterocycles. The van der Waals surface area contributed by atoms with E-state index < -0.39 is 22.0 Å². The lowest BCUT2D eigenvalue weighted by Crippen LogP contribution is -2.53. The Kier molecular flexibility index (Phi) is 9.67. The molecule has 0 saturated carbocycles. The highest BCUT2D eigenvalue weighted by atomic mass is 32.2. The van der Waals surface area contributed by atoms with Crippen LogP contribution in [0.1, 0.15) is 50.3 Å². The first-order chi connectivity index (χ1) is 16.0. The van der Waals surface area contributed by atoms with Gasteiger partial charge in [0.25, 0.3) is 0 Å². The number of carbonyl (C=O) groups is 2. The van der Waals surface area contributed by atoms with E-state index in [1.807, 2.05) is 65.0 Å². The Bertz CT molecular complexity index is 1100. The fraction of sp³-hybridized carbons (Fsp3) is 0.462. The second kappa shape index (κ2) is 12.0. The number of nitrogens with one attached hydrogen (secondary N) is 1. The number of hydrogen-bond donors (Lipinski definition) is 1. The van der Waals surface area contributed by atoms with Crippen LogP contribution in [0.15, 0.2) is 48.5 Å². The molecule has 0 bridgehead atoms. The molecule has 34 heavy (non-hydrogen) atoms. The number of rotatable bonds is 11. The van der Waals surface area contributed by atoms with Gasteiger partial charge in [0, 0.05) is 12.6 Å². The summed E-state index contributed by atoms with van der Waals surface area (Å²) in [5.41, 5.74) is 3.21. The van der Waals surface area contributed by atoms with Gasteiger partial charge in [-0.2, -0.15) is 0 Å². The van der Waals surface area contributed by atoms with Gasteiger partial charge in [0.1, 0.15) is 12.6 Å². The van der Waals surface area contributed by atoms with Gasteiger partial charge in [0.15, 0.2) is 0 Å². The van der Waals surface area contributed by atoms with Gasteiger partial charge in [0.2, 0.25) is 21.8 Å².